The van der Waals surface area contributed by atoms with E-state index in [0.717, 1.165) is 42.2 Å². The highest BCUT2D eigenvalue weighted by molar-refractivity contribution is 5.89. The number of hydrogen-bond donors (Lipinski definition) is 0. The first-order chi connectivity index (χ1) is 14.7. The van der Waals surface area contributed by atoms with Crippen molar-refractivity contribution in [1.29, 1.82) is 0 Å². The Morgan fingerprint density at radius 2 is 1.37 bits per heavy atom. The molecule has 4 rings (SSSR count). The second-order valence-electron chi connectivity index (χ2n) is 7.83. The number of benzene rings is 4. The van der Waals surface area contributed by atoms with E-state index in [2.05, 4.69) is 56.0 Å². The molecule has 0 atom stereocenters. The van der Waals surface area contributed by atoms with E-state index in [1.165, 1.54) is 16.7 Å². The highest BCUT2D eigenvalue weighted by Gasteiger charge is 2.10. The van der Waals surface area contributed by atoms with Crippen molar-refractivity contribution >= 4 is 10.8 Å². The monoisotopic (exact) mass is 394 g/mol. The average molecular weight is 395 g/mol. The van der Waals surface area contributed by atoms with Crippen LogP contribution in [0.25, 0.3) is 33.0 Å². The lowest BCUT2D eigenvalue weighted by Crippen LogP contribution is -1.90. The van der Waals surface area contributed by atoms with Crippen LogP contribution < -0.4 is 0 Å². The van der Waals surface area contributed by atoms with Gasteiger partial charge in [0.2, 0.25) is 0 Å². The molecule has 1 heteroatoms. The Labute approximate surface area is 178 Å². The van der Waals surface area contributed by atoms with Crippen molar-refractivity contribution < 1.29 is 4.39 Å². The lowest BCUT2D eigenvalue weighted by atomic mass is 9.96. The van der Waals surface area contributed by atoms with Gasteiger partial charge < -0.3 is 0 Å². The summed E-state index contributed by atoms with van der Waals surface area (Å²) < 4.78 is 15.2. The van der Waals surface area contributed by atoms with Crippen molar-refractivity contribution in [1.82, 2.24) is 0 Å². The number of aryl methyl sites for hydroxylation is 2. The van der Waals surface area contributed by atoms with Gasteiger partial charge in [-0.15, -0.1) is 6.58 Å². The van der Waals surface area contributed by atoms with Crippen molar-refractivity contribution in [2.45, 2.75) is 32.6 Å². The Morgan fingerprint density at radius 3 is 2.03 bits per heavy atom. The molecule has 0 saturated carbocycles. The van der Waals surface area contributed by atoms with Crippen molar-refractivity contribution in [3.05, 3.63) is 108 Å². The highest BCUT2D eigenvalue weighted by Crippen LogP contribution is 2.31. The van der Waals surface area contributed by atoms with Crippen LogP contribution in [0.1, 0.15) is 30.9 Å². The van der Waals surface area contributed by atoms with Crippen molar-refractivity contribution in [2.75, 3.05) is 0 Å². The maximum atomic E-state index is 15.2. The summed E-state index contributed by atoms with van der Waals surface area (Å²) >= 11 is 0. The molecular weight excluding hydrogens is 367 g/mol. The molecule has 0 aliphatic rings. The summed E-state index contributed by atoms with van der Waals surface area (Å²) in [6.07, 6.45) is 6.07. The molecule has 0 amide bonds. The van der Waals surface area contributed by atoms with Crippen molar-refractivity contribution in [3.63, 3.8) is 0 Å². The number of fused-ring (bicyclic) bond motifs is 1. The fourth-order valence-electron chi connectivity index (χ4n) is 3.98. The maximum absolute atomic E-state index is 15.2. The van der Waals surface area contributed by atoms with E-state index < -0.39 is 0 Å². The van der Waals surface area contributed by atoms with E-state index in [0.29, 0.717) is 10.9 Å². The minimum Gasteiger partial charge on any atom is -0.206 e. The molecule has 0 heterocycles. The lowest BCUT2D eigenvalue weighted by molar-refractivity contribution is 0.643. The summed E-state index contributed by atoms with van der Waals surface area (Å²) in [4.78, 5) is 0. The summed E-state index contributed by atoms with van der Waals surface area (Å²) in [6.45, 7) is 5.94. The number of allylic oxidation sites excluding steroid dienone is 1. The van der Waals surface area contributed by atoms with Gasteiger partial charge in [-0.3, -0.25) is 0 Å². The molecule has 0 N–H and O–H groups in total. The summed E-state index contributed by atoms with van der Waals surface area (Å²) in [5, 5.41) is 1.65. The van der Waals surface area contributed by atoms with E-state index in [9.17, 15) is 0 Å². The van der Waals surface area contributed by atoms with Crippen LogP contribution in [-0.2, 0) is 12.8 Å². The Balaban J connectivity index is 1.60. The minimum atomic E-state index is -0.144. The van der Waals surface area contributed by atoms with Crippen LogP contribution in [0.3, 0.4) is 0 Å². The molecule has 0 radical (unpaired) electrons. The Kier molecular flexibility index (Phi) is 6.09. The predicted molar refractivity (Wildman–Crippen MR) is 127 cm³/mol. The van der Waals surface area contributed by atoms with Gasteiger partial charge in [-0.25, -0.2) is 4.39 Å². The molecular formula is C29H27F. The fraction of sp³-hybridized carbons (Fsp3) is 0.172. The Hall–Kier alpha value is -3.19. The average Bonchev–Trinajstić information content (AvgIpc) is 2.79. The summed E-state index contributed by atoms with van der Waals surface area (Å²) in [5.41, 5.74) is 6.44. The standard InChI is InChI=1S/C29H27F/c1-3-5-7-21-8-11-23(12-9-21)24-13-15-25(16-14-24)27-19-17-26-20-22(6-4-2)10-18-28(26)29(27)30/h3,8-20H,1,4-7H2,2H3. The van der Waals surface area contributed by atoms with Crippen LogP contribution >= 0.6 is 0 Å². The Morgan fingerprint density at radius 1 is 0.733 bits per heavy atom. The first-order valence-corrected chi connectivity index (χ1v) is 10.7. The van der Waals surface area contributed by atoms with E-state index in [1.54, 1.807) is 0 Å². The zero-order valence-corrected chi connectivity index (χ0v) is 17.5. The maximum Gasteiger partial charge on any atom is 0.138 e. The third-order valence-electron chi connectivity index (χ3n) is 5.68. The number of rotatable bonds is 7. The van der Waals surface area contributed by atoms with Crippen LogP contribution in [0, 0.1) is 5.82 Å². The topological polar surface area (TPSA) is 0 Å². The molecule has 0 saturated heterocycles. The second kappa shape index (κ2) is 9.09. The third kappa shape index (κ3) is 4.21. The van der Waals surface area contributed by atoms with Gasteiger partial charge in [0.15, 0.2) is 0 Å². The molecule has 4 aromatic carbocycles. The molecule has 0 fully saturated rings. The zero-order chi connectivity index (χ0) is 20.9. The molecule has 0 aromatic heterocycles. The summed E-state index contributed by atoms with van der Waals surface area (Å²) in [6, 6.07) is 26.8. The fourth-order valence-corrected chi connectivity index (χ4v) is 3.98. The van der Waals surface area contributed by atoms with Crippen molar-refractivity contribution in [3.8, 4) is 22.3 Å². The van der Waals surface area contributed by atoms with Gasteiger partial charge in [0, 0.05) is 10.9 Å². The summed E-state index contributed by atoms with van der Waals surface area (Å²) in [7, 11) is 0. The lowest BCUT2D eigenvalue weighted by Gasteiger charge is -2.10. The molecule has 0 spiro atoms. The van der Waals surface area contributed by atoms with Crippen molar-refractivity contribution in [2.24, 2.45) is 0 Å². The predicted octanol–water partition coefficient (Wildman–Crippen LogP) is 8.38. The van der Waals surface area contributed by atoms with Gasteiger partial charge in [0.1, 0.15) is 5.82 Å². The van der Waals surface area contributed by atoms with Crippen LogP contribution in [0.5, 0.6) is 0 Å². The van der Waals surface area contributed by atoms with Gasteiger partial charge in [0.05, 0.1) is 0 Å². The van der Waals surface area contributed by atoms with E-state index in [4.69, 9.17) is 0 Å². The van der Waals surface area contributed by atoms with Gasteiger partial charge in [0.25, 0.3) is 0 Å². The first-order valence-electron chi connectivity index (χ1n) is 10.7. The molecule has 0 aliphatic carbocycles. The highest BCUT2D eigenvalue weighted by atomic mass is 19.1. The molecule has 30 heavy (non-hydrogen) atoms. The zero-order valence-electron chi connectivity index (χ0n) is 17.5. The second-order valence-corrected chi connectivity index (χ2v) is 7.83. The molecule has 0 bridgehead atoms. The van der Waals surface area contributed by atoms with E-state index in [1.807, 2.05) is 42.5 Å². The molecule has 150 valence electrons. The van der Waals surface area contributed by atoms with Gasteiger partial charge in [-0.2, -0.15) is 0 Å². The van der Waals surface area contributed by atoms with Crippen LogP contribution in [0.2, 0.25) is 0 Å². The Bertz CT molecular complexity index is 1150. The van der Waals surface area contributed by atoms with Crippen LogP contribution in [0.4, 0.5) is 4.39 Å². The SMILES string of the molecule is C=CCCc1ccc(-c2ccc(-c3ccc4cc(CCC)ccc4c3F)cc2)cc1. The van der Waals surface area contributed by atoms with Gasteiger partial charge in [-0.1, -0.05) is 98.3 Å². The summed E-state index contributed by atoms with van der Waals surface area (Å²) in [5.74, 6) is -0.144. The van der Waals surface area contributed by atoms with Gasteiger partial charge >= 0.3 is 0 Å². The third-order valence-corrected chi connectivity index (χ3v) is 5.68. The number of halogens is 1. The first kappa shape index (κ1) is 20.1. The largest absolute Gasteiger partial charge is 0.206 e. The minimum absolute atomic E-state index is 0.144. The number of hydrogen-bond acceptors (Lipinski definition) is 0. The van der Waals surface area contributed by atoms with E-state index >= 15 is 4.39 Å². The molecule has 0 unspecified atom stereocenters. The molecule has 0 aliphatic heterocycles. The van der Waals surface area contributed by atoms with Crippen LogP contribution in [0.15, 0.2) is 91.5 Å². The van der Waals surface area contributed by atoms with Gasteiger partial charge in [-0.05, 0) is 52.5 Å². The molecule has 0 nitrogen and oxygen atoms in total. The smallest absolute Gasteiger partial charge is 0.138 e. The van der Waals surface area contributed by atoms with Crippen LogP contribution in [-0.4, -0.2) is 0 Å². The van der Waals surface area contributed by atoms with E-state index in [-0.39, 0.29) is 5.82 Å². The quantitative estimate of drug-likeness (QED) is 0.276. The normalized spacial score (nSPS) is 11.0. The molecule has 4 aromatic rings.